The molecule has 1 aliphatic rings. The molecule has 1 atom stereocenters. The molecule has 0 saturated heterocycles. The van der Waals surface area contributed by atoms with Gasteiger partial charge in [0.05, 0.1) is 36.3 Å². The summed E-state index contributed by atoms with van der Waals surface area (Å²) in [7, 11) is 0. The molecule has 1 aromatic heterocycles. The zero-order valence-electron chi connectivity index (χ0n) is 14.4. The van der Waals surface area contributed by atoms with Crippen molar-refractivity contribution in [3.63, 3.8) is 0 Å². The van der Waals surface area contributed by atoms with Gasteiger partial charge in [-0.3, -0.25) is 9.59 Å². The first-order valence-electron chi connectivity index (χ1n) is 8.34. The molecule has 1 amide bonds. The number of hydrogen-bond donors (Lipinski definition) is 3. The first-order chi connectivity index (χ1) is 13.0. The van der Waals surface area contributed by atoms with Crippen LogP contribution in [0.2, 0.25) is 0 Å². The Morgan fingerprint density at radius 3 is 2.52 bits per heavy atom. The van der Waals surface area contributed by atoms with Crippen LogP contribution in [-0.4, -0.2) is 58.3 Å². The maximum absolute atomic E-state index is 12.9. The van der Waals surface area contributed by atoms with E-state index in [1.54, 1.807) is 29.6 Å². The highest BCUT2D eigenvalue weighted by Crippen LogP contribution is 2.39. The van der Waals surface area contributed by atoms with Gasteiger partial charge in [0, 0.05) is 6.54 Å². The minimum atomic E-state index is -0.787. The Morgan fingerprint density at radius 1 is 1.15 bits per heavy atom. The number of rotatable bonds is 8. The summed E-state index contributed by atoms with van der Waals surface area (Å²) in [6, 6.07) is 8.71. The number of Topliss-reactive ketones (excluding diaryl/α,β-unsaturated/α-hetero) is 1. The van der Waals surface area contributed by atoms with Crippen molar-refractivity contribution in [3.8, 4) is 5.75 Å². The highest BCUT2D eigenvalue weighted by atomic mass is 32.1. The maximum atomic E-state index is 12.9. The number of phenolic OH excluding ortho intramolecular Hbond substituents is 1. The molecule has 0 fully saturated rings. The molecule has 0 aliphatic carbocycles. The molecule has 2 aromatic rings. The van der Waals surface area contributed by atoms with E-state index in [9.17, 15) is 19.8 Å². The van der Waals surface area contributed by atoms with Gasteiger partial charge < -0.3 is 25.0 Å². The monoisotopic (exact) mass is 389 g/mol. The van der Waals surface area contributed by atoms with Crippen molar-refractivity contribution < 1.29 is 29.6 Å². The Labute approximate surface area is 159 Å². The molecule has 3 N–H and O–H groups in total. The Kier molecular flexibility index (Phi) is 5.90. The van der Waals surface area contributed by atoms with E-state index in [4.69, 9.17) is 9.84 Å². The molecule has 0 spiro atoms. The third kappa shape index (κ3) is 3.87. The molecule has 27 heavy (non-hydrogen) atoms. The van der Waals surface area contributed by atoms with Gasteiger partial charge >= 0.3 is 0 Å². The van der Waals surface area contributed by atoms with E-state index < -0.39 is 23.5 Å². The summed E-state index contributed by atoms with van der Waals surface area (Å²) in [6.45, 7) is 0.275. The average Bonchev–Trinajstić information content (AvgIpc) is 3.28. The Hall–Kier alpha value is -2.68. The lowest BCUT2D eigenvalue weighted by Crippen LogP contribution is -2.34. The van der Waals surface area contributed by atoms with Crippen LogP contribution in [0.4, 0.5) is 0 Å². The number of benzene rings is 1. The molecule has 0 saturated carbocycles. The van der Waals surface area contributed by atoms with Gasteiger partial charge in [-0.15, -0.1) is 11.3 Å². The SMILES string of the molecule is O=C(C1=C(O)C(=O)N(CCOCCO)C1c1ccc(O)cc1)c1cccs1. The van der Waals surface area contributed by atoms with Crippen molar-refractivity contribution in [3.05, 3.63) is 63.6 Å². The lowest BCUT2D eigenvalue weighted by molar-refractivity contribution is -0.130. The van der Waals surface area contributed by atoms with Gasteiger partial charge in [0.15, 0.2) is 5.76 Å². The van der Waals surface area contributed by atoms with Crippen LogP contribution in [0.15, 0.2) is 53.1 Å². The Morgan fingerprint density at radius 2 is 1.89 bits per heavy atom. The highest BCUT2D eigenvalue weighted by molar-refractivity contribution is 7.12. The maximum Gasteiger partial charge on any atom is 0.290 e. The van der Waals surface area contributed by atoms with E-state index >= 15 is 0 Å². The average molecular weight is 389 g/mol. The van der Waals surface area contributed by atoms with Crippen LogP contribution in [-0.2, 0) is 9.53 Å². The van der Waals surface area contributed by atoms with E-state index in [0.717, 1.165) is 0 Å². The molecule has 1 aromatic carbocycles. The van der Waals surface area contributed by atoms with Crippen LogP contribution in [0.25, 0.3) is 0 Å². The summed E-state index contributed by atoms with van der Waals surface area (Å²) in [5.41, 5.74) is 0.600. The fourth-order valence-electron chi connectivity index (χ4n) is 2.99. The molecule has 2 heterocycles. The van der Waals surface area contributed by atoms with Crippen LogP contribution in [0.3, 0.4) is 0 Å². The third-order valence-corrected chi connectivity index (χ3v) is 5.08. The van der Waals surface area contributed by atoms with Gasteiger partial charge in [-0.1, -0.05) is 18.2 Å². The number of phenols is 1. The fourth-order valence-corrected chi connectivity index (χ4v) is 3.67. The van der Waals surface area contributed by atoms with E-state index in [1.807, 2.05) is 0 Å². The van der Waals surface area contributed by atoms with E-state index in [2.05, 4.69) is 0 Å². The summed E-state index contributed by atoms with van der Waals surface area (Å²) in [5, 5.41) is 30.5. The van der Waals surface area contributed by atoms with Crippen molar-refractivity contribution in [1.82, 2.24) is 4.90 Å². The first kappa shape index (κ1) is 19.1. The summed E-state index contributed by atoms with van der Waals surface area (Å²) < 4.78 is 5.23. The molecule has 0 bridgehead atoms. The minimum absolute atomic E-state index is 0.00954. The largest absolute Gasteiger partial charge is 0.508 e. The molecule has 1 unspecified atom stereocenters. The van der Waals surface area contributed by atoms with Crippen LogP contribution in [0.5, 0.6) is 5.75 Å². The topological polar surface area (TPSA) is 107 Å². The standard InChI is InChI=1S/C19H19NO6S/c21-8-10-26-9-7-20-16(12-3-5-13(22)6-4-12)15(18(24)19(20)25)17(23)14-2-1-11-27-14/h1-6,11,16,21-22,24H,7-10H2. The zero-order chi connectivity index (χ0) is 19.4. The number of ketones is 1. The number of carbonyl (C=O) groups excluding carboxylic acids is 2. The predicted molar refractivity (Wildman–Crippen MR) is 98.8 cm³/mol. The second kappa shape index (κ2) is 8.34. The van der Waals surface area contributed by atoms with Gasteiger partial charge in [-0.05, 0) is 29.1 Å². The van der Waals surface area contributed by atoms with Gasteiger partial charge in [-0.2, -0.15) is 0 Å². The normalized spacial score (nSPS) is 17.0. The number of carbonyl (C=O) groups is 2. The number of nitrogens with zero attached hydrogens (tertiary/aromatic N) is 1. The number of aromatic hydroxyl groups is 1. The van der Waals surface area contributed by atoms with Gasteiger partial charge in [0.2, 0.25) is 5.78 Å². The van der Waals surface area contributed by atoms with Crippen LogP contribution < -0.4 is 0 Å². The molecule has 1 aliphatic heterocycles. The number of hydrogen-bond acceptors (Lipinski definition) is 7. The second-order valence-corrected chi connectivity index (χ2v) is 6.84. The summed E-state index contributed by atoms with van der Waals surface area (Å²) >= 11 is 1.23. The number of thiophene rings is 1. The van der Waals surface area contributed by atoms with Crippen LogP contribution in [0, 0.1) is 0 Å². The second-order valence-electron chi connectivity index (χ2n) is 5.90. The fraction of sp³-hybridized carbons (Fsp3) is 0.263. The van der Waals surface area contributed by atoms with Crippen molar-refractivity contribution in [2.45, 2.75) is 6.04 Å². The lowest BCUT2D eigenvalue weighted by Gasteiger charge is -2.26. The molecule has 3 rings (SSSR count). The van der Waals surface area contributed by atoms with Crippen molar-refractivity contribution in [2.24, 2.45) is 0 Å². The van der Waals surface area contributed by atoms with E-state index in [-0.39, 0.29) is 37.7 Å². The summed E-state index contributed by atoms with van der Waals surface area (Å²) in [5.74, 6) is -1.58. The number of aliphatic hydroxyl groups is 2. The van der Waals surface area contributed by atoms with Crippen LogP contribution >= 0.6 is 11.3 Å². The first-order valence-corrected chi connectivity index (χ1v) is 9.22. The number of aliphatic hydroxyl groups excluding tert-OH is 2. The molecule has 142 valence electrons. The van der Waals surface area contributed by atoms with Crippen molar-refractivity contribution >= 4 is 23.0 Å². The van der Waals surface area contributed by atoms with Crippen LogP contribution in [0.1, 0.15) is 21.3 Å². The number of ether oxygens (including phenoxy) is 1. The molecule has 0 radical (unpaired) electrons. The quantitative estimate of drug-likeness (QED) is 0.471. The van der Waals surface area contributed by atoms with Gasteiger partial charge in [0.25, 0.3) is 5.91 Å². The molecular formula is C19H19NO6S. The molecule has 8 heteroatoms. The Bertz CT molecular complexity index is 844. The van der Waals surface area contributed by atoms with Crippen molar-refractivity contribution in [2.75, 3.05) is 26.4 Å². The Balaban J connectivity index is 1.96. The van der Waals surface area contributed by atoms with E-state index in [1.165, 1.54) is 28.4 Å². The highest BCUT2D eigenvalue weighted by Gasteiger charge is 2.43. The lowest BCUT2D eigenvalue weighted by atomic mass is 9.95. The van der Waals surface area contributed by atoms with Gasteiger partial charge in [0.1, 0.15) is 5.75 Å². The minimum Gasteiger partial charge on any atom is -0.508 e. The molecule has 7 nitrogen and oxygen atoms in total. The number of amides is 1. The van der Waals surface area contributed by atoms with Gasteiger partial charge in [-0.25, -0.2) is 0 Å². The molecular weight excluding hydrogens is 370 g/mol. The summed E-state index contributed by atoms with van der Waals surface area (Å²) in [4.78, 5) is 27.3. The van der Waals surface area contributed by atoms with E-state index in [0.29, 0.717) is 10.4 Å². The zero-order valence-corrected chi connectivity index (χ0v) is 15.2. The van der Waals surface area contributed by atoms with Crippen molar-refractivity contribution in [1.29, 1.82) is 0 Å². The predicted octanol–water partition coefficient (Wildman–Crippen LogP) is 2.04. The summed E-state index contributed by atoms with van der Waals surface area (Å²) in [6.07, 6.45) is 0. The third-order valence-electron chi connectivity index (χ3n) is 4.21. The smallest absolute Gasteiger partial charge is 0.290 e.